The summed E-state index contributed by atoms with van der Waals surface area (Å²) in [5, 5.41) is 6.71. The monoisotopic (exact) mass is 242 g/mol. The lowest BCUT2D eigenvalue weighted by Gasteiger charge is -2.16. The molecule has 1 unspecified atom stereocenters. The Hall–Kier alpha value is -1.03. The van der Waals surface area contributed by atoms with E-state index < -0.39 is 0 Å². The van der Waals surface area contributed by atoms with Gasteiger partial charge in [-0.25, -0.2) is 0 Å². The molecule has 1 aliphatic carbocycles. The van der Waals surface area contributed by atoms with Crippen LogP contribution in [0.3, 0.4) is 0 Å². The van der Waals surface area contributed by atoms with Crippen molar-refractivity contribution in [3.05, 3.63) is 17.0 Å². The van der Waals surface area contributed by atoms with Gasteiger partial charge in [-0.15, -0.1) is 11.6 Å². The first kappa shape index (κ1) is 11.5. The molecule has 0 bridgehead atoms. The molecule has 2 rings (SSSR count). The molecule has 4 nitrogen and oxygen atoms in total. The summed E-state index contributed by atoms with van der Waals surface area (Å²) in [5.74, 6) is 1.45. The number of amides is 1. The van der Waals surface area contributed by atoms with Crippen LogP contribution in [0.4, 0.5) is 0 Å². The van der Waals surface area contributed by atoms with E-state index in [1.807, 2.05) is 0 Å². The zero-order valence-electron chi connectivity index (χ0n) is 9.25. The second kappa shape index (κ2) is 4.87. The van der Waals surface area contributed by atoms with E-state index >= 15 is 0 Å². The van der Waals surface area contributed by atoms with Gasteiger partial charge in [0.1, 0.15) is 17.3 Å². The molecule has 1 aromatic heterocycles. The Bertz CT molecular complexity index is 389. The van der Waals surface area contributed by atoms with Crippen molar-refractivity contribution in [3.63, 3.8) is 0 Å². The van der Waals surface area contributed by atoms with Crippen LogP contribution in [0.25, 0.3) is 0 Å². The van der Waals surface area contributed by atoms with Crippen molar-refractivity contribution < 1.29 is 9.32 Å². The lowest BCUT2D eigenvalue weighted by Crippen LogP contribution is -2.25. The number of aromatic nitrogens is 1. The molecule has 0 spiro atoms. The minimum Gasteiger partial charge on any atom is -0.361 e. The summed E-state index contributed by atoms with van der Waals surface area (Å²) < 4.78 is 5.27. The van der Waals surface area contributed by atoms with Gasteiger partial charge in [0.2, 0.25) is 5.91 Å². The molecule has 1 amide bonds. The van der Waals surface area contributed by atoms with Crippen molar-refractivity contribution in [3.8, 4) is 0 Å². The molecule has 88 valence electrons. The van der Waals surface area contributed by atoms with Gasteiger partial charge in [0.25, 0.3) is 0 Å². The maximum absolute atomic E-state index is 11.0. The predicted octanol–water partition coefficient (Wildman–Crippen LogP) is 1.65. The van der Waals surface area contributed by atoms with Crippen molar-refractivity contribution >= 4 is 17.5 Å². The predicted molar refractivity (Wildman–Crippen MR) is 60.3 cm³/mol. The third-order valence-corrected chi connectivity index (χ3v) is 3.18. The summed E-state index contributed by atoms with van der Waals surface area (Å²) in [6.45, 7) is 2.63. The van der Waals surface area contributed by atoms with Gasteiger partial charge in [-0.1, -0.05) is 12.1 Å². The van der Waals surface area contributed by atoms with Crippen molar-refractivity contribution in [2.24, 2.45) is 5.92 Å². The summed E-state index contributed by atoms with van der Waals surface area (Å²) in [5.41, 5.74) is 2.02. The highest BCUT2D eigenvalue weighted by Crippen LogP contribution is 2.27. The number of nitrogens with zero attached hydrogens (tertiary/aromatic N) is 1. The third kappa shape index (κ3) is 2.38. The molecule has 0 aliphatic heterocycles. The van der Waals surface area contributed by atoms with Crippen LogP contribution in [-0.4, -0.2) is 16.9 Å². The number of carbonyl (C=O) groups excluding carboxylic acids is 1. The molecule has 1 heterocycles. The Kier molecular flexibility index (Phi) is 3.49. The van der Waals surface area contributed by atoms with E-state index in [2.05, 4.69) is 17.4 Å². The second-order valence-electron chi connectivity index (χ2n) is 4.29. The number of nitrogens with one attached hydrogen (secondary N) is 1. The highest BCUT2D eigenvalue weighted by molar-refractivity contribution is 6.27. The molecule has 0 saturated carbocycles. The zero-order valence-corrected chi connectivity index (χ0v) is 10.0. The Morgan fingerprint density at radius 3 is 3.25 bits per heavy atom. The standard InChI is InChI=1S/C11H15ClN2O2/c1-7-2-3-10-8(4-7)9(14-16-10)6-13-11(15)5-12/h7H,2-6H2,1H3,(H,13,15). The number of aryl methyl sites for hydroxylation is 1. The van der Waals surface area contributed by atoms with Gasteiger partial charge >= 0.3 is 0 Å². The zero-order chi connectivity index (χ0) is 11.5. The summed E-state index contributed by atoms with van der Waals surface area (Å²) >= 11 is 5.40. The topological polar surface area (TPSA) is 55.1 Å². The summed E-state index contributed by atoms with van der Waals surface area (Å²) in [6, 6.07) is 0. The van der Waals surface area contributed by atoms with Crippen LogP contribution in [0.2, 0.25) is 0 Å². The van der Waals surface area contributed by atoms with E-state index in [0.29, 0.717) is 12.5 Å². The Morgan fingerprint density at radius 2 is 2.50 bits per heavy atom. The van der Waals surface area contributed by atoms with Crippen LogP contribution in [0.15, 0.2) is 4.52 Å². The average molecular weight is 243 g/mol. The van der Waals surface area contributed by atoms with Crippen LogP contribution in [-0.2, 0) is 24.2 Å². The molecule has 0 fully saturated rings. The van der Waals surface area contributed by atoms with E-state index in [4.69, 9.17) is 16.1 Å². The van der Waals surface area contributed by atoms with Gasteiger partial charge in [0, 0.05) is 12.0 Å². The third-order valence-electron chi connectivity index (χ3n) is 2.94. The highest BCUT2D eigenvalue weighted by Gasteiger charge is 2.23. The second-order valence-corrected chi connectivity index (χ2v) is 4.56. The van der Waals surface area contributed by atoms with Gasteiger partial charge in [-0.05, 0) is 18.8 Å². The molecule has 1 N–H and O–H groups in total. The van der Waals surface area contributed by atoms with Crippen molar-refractivity contribution in [1.82, 2.24) is 10.5 Å². The van der Waals surface area contributed by atoms with Gasteiger partial charge < -0.3 is 9.84 Å². The van der Waals surface area contributed by atoms with Crippen LogP contribution >= 0.6 is 11.6 Å². The van der Waals surface area contributed by atoms with Gasteiger partial charge in [-0.2, -0.15) is 0 Å². The maximum atomic E-state index is 11.0. The Morgan fingerprint density at radius 1 is 1.69 bits per heavy atom. The minimum atomic E-state index is -0.178. The fraction of sp³-hybridized carbons (Fsp3) is 0.636. The normalized spacial score (nSPS) is 19.2. The van der Waals surface area contributed by atoms with Crippen molar-refractivity contribution in [1.29, 1.82) is 0 Å². The van der Waals surface area contributed by atoms with Gasteiger partial charge in [0.05, 0.1) is 6.54 Å². The van der Waals surface area contributed by atoms with Crippen LogP contribution in [0, 0.1) is 5.92 Å². The van der Waals surface area contributed by atoms with E-state index in [1.165, 1.54) is 5.56 Å². The molecular weight excluding hydrogens is 228 g/mol. The number of hydrogen-bond donors (Lipinski definition) is 1. The molecule has 16 heavy (non-hydrogen) atoms. The van der Waals surface area contributed by atoms with Crippen molar-refractivity contribution in [2.75, 3.05) is 5.88 Å². The molecule has 0 saturated heterocycles. The summed E-state index contributed by atoms with van der Waals surface area (Å²) in [7, 11) is 0. The van der Waals surface area contributed by atoms with E-state index in [-0.39, 0.29) is 11.8 Å². The number of halogens is 1. The summed E-state index contributed by atoms with van der Waals surface area (Å²) in [6.07, 6.45) is 3.09. The lowest BCUT2D eigenvalue weighted by atomic mass is 9.88. The van der Waals surface area contributed by atoms with Crippen LogP contribution < -0.4 is 5.32 Å². The van der Waals surface area contributed by atoms with Crippen LogP contribution in [0.1, 0.15) is 30.4 Å². The fourth-order valence-electron chi connectivity index (χ4n) is 2.01. The van der Waals surface area contributed by atoms with E-state index in [9.17, 15) is 4.79 Å². The molecule has 1 atom stereocenters. The van der Waals surface area contributed by atoms with Crippen molar-refractivity contribution in [2.45, 2.75) is 32.7 Å². The van der Waals surface area contributed by atoms with Crippen LogP contribution in [0.5, 0.6) is 0 Å². The molecule has 1 aromatic rings. The van der Waals surface area contributed by atoms with E-state index in [1.54, 1.807) is 0 Å². The smallest absolute Gasteiger partial charge is 0.235 e. The first-order valence-corrected chi connectivity index (χ1v) is 6.03. The Labute approximate surface area is 99.3 Å². The quantitative estimate of drug-likeness (QED) is 0.821. The number of alkyl halides is 1. The van der Waals surface area contributed by atoms with E-state index in [0.717, 1.165) is 30.7 Å². The number of fused-ring (bicyclic) bond motifs is 1. The van der Waals surface area contributed by atoms with Gasteiger partial charge in [-0.3, -0.25) is 4.79 Å². The molecule has 0 radical (unpaired) electrons. The average Bonchev–Trinajstić information content (AvgIpc) is 2.68. The minimum absolute atomic E-state index is 0.0174. The molecule has 0 aromatic carbocycles. The largest absolute Gasteiger partial charge is 0.361 e. The van der Waals surface area contributed by atoms with Gasteiger partial charge in [0.15, 0.2) is 0 Å². The first-order chi connectivity index (χ1) is 7.70. The highest BCUT2D eigenvalue weighted by atomic mass is 35.5. The maximum Gasteiger partial charge on any atom is 0.235 e. The number of rotatable bonds is 3. The molecule has 1 aliphatic rings. The fourth-order valence-corrected chi connectivity index (χ4v) is 2.10. The molecular formula is C11H15ClN2O2. The Balaban J connectivity index is 2.05. The number of hydrogen-bond acceptors (Lipinski definition) is 3. The number of carbonyl (C=O) groups is 1. The molecule has 5 heteroatoms. The SMILES string of the molecule is CC1CCc2onc(CNC(=O)CCl)c2C1. The first-order valence-electron chi connectivity index (χ1n) is 5.49. The lowest BCUT2D eigenvalue weighted by molar-refractivity contribution is -0.118. The summed E-state index contributed by atoms with van der Waals surface area (Å²) in [4.78, 5) is 11.0.